The molecule has 1 N–H and O–H groups in total. The van der Waals surface area contributed by atoms with Crippen molar-refractivity contribution in [2.75, 3.05) is 6.26 Å². The van der Waals surface area contributed by atoms with Crippen LogP contribution in [0.3, 0.4) is 0 Å². The minimum atomic E-state index is -0.217. The maximum Gasteiger partial charge on any atom is 0.256 e. The highest BCUT2D eigenvalue weighted by Crippen LogP contribution is 2.26. The van der Waals surface area contributed by atoms with Crippen molar-refractivity contribution in [3.05, 3.63) is 82.8 Å². The Morgan fingerprint density at radius 3 is 2.65 bits per heavy atom. The van der Waals surface area contributed by atoms with Crippen LogP contribution in [0.15, 0.2) is 70.2 Å². The molecule has 0 spiro atoms. The van der Waals surface area contributed by atoms with Gasteiger partial charge in [0.1, 0.15) is 11.5 Å². The van der Waals surface area contributed by atoms with E-state index >= 15 is 0 Å². The van der Waals surface area contributed by atoms with Gasteiger partial charge in [0.05, 0.1) is 29.9 Å². The maximum atomic E-state index is 13.2. The molecule has 3 aromatic rings. The van der Waals surface area contributed by atoms with Crippen molar-refractivity contribution in [1.82, 2.24) is 4.90 Å². The summed E-state index contributed by atoms with van der Waals surface area (Å²) in [5, 5.41) is 10.5. The predicted octanol–water partition coefficient (Wildman–Crippen LogP) is 5.20. The van der Waals surface area contributed by atoms with Gasteiger partial charge in [0.15, 0.2) is 0 Å². The maximum absolute atomic E-state index is 13.2. The molecule has 1 heterocycles. The summed E-state index contributed by atoms with van der Waals surface area (Å²) in [6.07, 6.45) is 3.51. The van der Waals surface area contributed by atoms with Crippen LogP contribution in [-0.4, -0.2) is 22.2 Å². The zero-order valence-corrected chi connectivity index (χ0v) is 15.8. The number of furan rings is 1. The molecule has 1 aromatic heterocycles. The van der Waals surface area contributed by atoms with Gasteiger partial charge in [0, 0.05) is 10.5 Å². The Hall–Kier alpha value is -2.37. The first-order valence-electron chi connectivity index (χ1n) is 8.00. The number of aromatic hydroxyl groups is 1. The number of rotatable bonds is 6. The van der Waals surface area contributed by atoms with Crippen LogP contribution in [0, 0.1) is 0 Å². The minimum absolute atomic E-state index is 0.147. The summed E-state index contributed by atoms with van der Waals surface area (Å²) in [4.78, 5) is 15.8. The number of hydrogen-bond donors (Lipinski definition) is 1. The number of hydrogen-bond acceptors (Lipinski definition) is 4. The number of carbonyl (C=O) groups is 1. The third kappa shape index (κ3) is 4.23. The fraction of sp³-hybridized carbons (Fsp3) is 0.150. The van der Waals surface area contributed by atoms with Gasteiger partial charge in [-0.3, -0.25) is 4.79 Å². The summed E-state index contributed by atoms with van der Waals surface area (Å²) in [5.41, 5.74) is 1.09. The average molecular weight is 388 g/mol. The van der Waals surface area contributed by atoms with Crippen LogP contribution in [0.4, 0.5) is 0 Å². The second-order valence-electron chi connectivity index (χ2n) is 5.72. The van der Waals surface area contributed by atoms with E-state index in [4.69, 9.17) is 16.0 Å². The summed E-state index contributed by atoms with van der Waals surface area (Å²) in [5.74, 6) is 0.588. The van der Waals surface area contributed by atoms with Crippen LogP contribution in [0.25, 0.3) is 0 Å². The van der Waals surface area contributed by atoms with Crippen molar-refractivity contribution in [2.45, 2.75) is 18.0 Å². The highest BCUT2D eigenvalue weighted by Gasteiger charge is 2.21. The Labute approximate surface area is 161 Å². The summed E-state index contributed by atoms with van der Waals surface area (Å²) in [7, 11) is 0. The van der Waals surface area contributed by atoms with Crippen molar-refractivity contribution < 1.29 is 14.3 Å². The number of benzene rings is 2. The lowest BCUT2D eigenvalue weighted by Gasteiger charge is -2.23. The highest BCUT2D eigenvalue weighted by molar-refractivity contribution is 7.98. The zero-order chi connectivity index (χ0) is 18.5. The molecule has 0 saturated carbocycles. The molecular formula is C20H18ClNO3S. The number of para-hydroxylation sites is 1. The second kappa shape index (κ2) is 8.34. The fourth-order valence-corrected chi connectivity index (χ4v) is 3.24. The SMILES string of the molecule is CSc1ccc(Cl)c(C(=O)N(Cc2ccco2)Cc2ccccc2O)c1. The molecule has 0 aliphatic rings. The van der Waals surface area contributed by atoms with Gasteiger partial charge in [-0.05, 0) is 42.7 Å². The largest absolute Gasteiger partial charge is 0.508 e. The molecule has 134 valence electrons. The fourth-order valence-electron chi connectivity index (χ4n) is 2.61. The van der Waals surface area contributed by atoms with E-state index < -0.39 is 0 Å². The monoisotopic (exact) mass is 387 g/mol. The van der Waals surface area contributed by atoms with Crippen LogP contribution < -0.4 is 0 Å². The number of amides is 1. The van der Waals surface area contributed by atoms with Crippen LogP contribution >= 0.6 is 23.4 Å². The normalized spacial score (nSPS) is 10.7. The molecule has 3 rings (SSSR count). The van der Waals surface area contributed by atoms with Gasteiger partial charge in [-0.15, -0.1) is 11.8 Å². The first-order chi connectivity index (χ1) is 12.6. The molecule has 0 unspecified atom stereocenters. The summed E-state index contributed by atoms with van der Waals surface area (Å²) >= 11 is 7.82. The Kier molecular flexibility index (Phi) is 5.91. The van der Waals surface area contributed by atoms with Crippen LogP contribution in [0.2, 0.25) is 5.02 Å². The molecule has 0 aliphatic carbocycles. The molecule has 26 heavy (non-hydrogen) atoms. The van der Waals surface area contributed by atoms with Gasteiger partial charge in [-0.1, -0.05) is 29.8 Å². The zero-order valence-electron chi connectivity index (χ0n) is 14.2. The van der Waals surface area contributed by atoms with E-state index in [-0.39, 0.29) is 24.7 Å². The lowest BCUT2D eigenvalue weighted by atomic mass is 10.1. The lowest BCUT2D eigenvalue weighted by Crippen LogP contribution is -2.30. The lowest BCUT2D eigenvalue weighted by molar-refractivity contribution is 0.0716. The molecule has 4 nitrogen and oxygen atoms in total. The molecule has 0 saturated heterocycles. The second-order valence-corrected chi connectivity index (χ2v) is 7.00. The van der Waals surface area contributed by atoms with Gasteiger partial charge in [-0.25, -0.2) is 0 Å². The van der Waals surface area contributed by atoms with E-state index in [2.05, 4.69) is 0 Å². The van der Waals surface area contributed by atoms with Crippen molar-refractivity contribution in [2.24, 2.45) is 0 Å². The Bertz CT molecular complexity index is 896. The van der Waals surface area contributed by atoms with Crippen molar-refractivity contribution >= 4 is 29.3 Å². The molecule has 0 radical (unpaired) electrons. The van der Waals surface area contributed by atoms with Crippen molar-refractivity contribution in [3.8, 4) is 5.75 Å². The van der Waals surface area contributed by atoms with Gasteiger partial charge in [0.2, 0.25) is 0 Å². The standard InChI is InChI=1S/C20H18ClNO3S/c1-26-16-8-9-18(21)17(11-16)20(24)22(13-15-6-4-10-25-15)12-14-5-2-3-7-19(14)23/h2-11,23H,12-13H2,1H3. The number of nitrogens with zero attached hydrogens (tertiary/aromatic N) is 1. The van der Waals surface area contributed by atoms with Gasteiger partial charge in [-0.2, -0.15) is 0 Å². The van der Waals surface area contributed by atoms with E-state index in [1.165, 1.54) is 0 Å². The summed E-state index contributed by atoms with van der Waals surface area (Å²) < 4.78 is 5.40. The molecule has 6 heteroatoms. The Balaban J connectivity index is 1.94. The first kappa shape index (κ1) is 18.4. The van der Waals surface area contributed by atoms with Gasteiger partial charge in [0.25, 0.3) is 5.91 Å². The molecule has 2 aromatic carbocycles. The molecule has 1 amide bonds. The van der Waals surface area contributed by atoms with E-state index in [1.807, 2.05) is 24.5 Å². The number of halogens is 1. The molecule has 0 fully saturated rings. The number of thioether (sulfide) groups is 1. The quantitative estimate of drug-likeness (QED) is 0.590. The third-order valence-electron chi connectivity index (χ3n) is 3.97. The van der Waals surface area contributed by atoms with E-state index in [1.54, 1.807) is 59.3 Å². The van der Waals surface area contributed by atoms with Gasteiger partial charge < -0.3 is 14.4 Å². The third-order valence-corrected chi connectivity index (χ3v) is 5.03. The number of phenols is 1. The smallest absolute Gasteiger partial charge is 0.256 e. The van der Waals surface area contributed by atoms with Crippen molar-refractivity contribution in [3.63, 3.8) is 0 Å². The molecular weight excluding hydrogens is 370 g/mol. The van der Waals surface area contributed by atoms with Gasteiger partial charge >= 0.3 is 0 Å². The van der Waals surface area contributed by atoms with Crippen LogP contribution in [-0.2, 0) is 13.1 Å². The van der Waals surface area contributed by atoms with Crippen molar-refractivity contribution in [1.29, 1.82) is 0 Å². The van der Waals surface area contributed by atoms with E-state index in [9.17, 15) is 9.90 Å². The predicted molar refractivity (Wildman–Crippen MR) is 104 cm³/mol. The first-order valence-corrected chi connectivity index (χ1v) is 9.61. The highest BCUT2D eigenvalue weighted by atomic mass is 35.5. The summed E-state index contributed by atoms with van der Waals surface area (Å²) in [6.45, 7) is 0.520. The summed E-state index contributed by atoms with van der Waals surface area (Å²) in [6, 6.07) is 15.9. The average Bonchev–Trinajstić information content (AvgIpc) is 3.16. The molecule has 0 aliphatic heterocycles. The number of carbonyl (C=O) groups excluding carboxylic acids is 1. The molecule has 0 bridgehead atoms. The van der Waals surface area contributed by atoms with Crippen LogP contribution in [0.5, 0.6) is 5.75 Å². The Morgan fingerprint density at radius 1 is 1.15 bits per heavy atom. The van der Waals surface area contributed by atoms with E-state index in [0.717, 1.165) is 4.90 Å². The minimum Gasteiger partial charge on any atom is -0.508 e. The Morgan fingerprint density at radius 2 is 1.96 bits per heavy atom. The molecule has 0 atom stereocenters. The van der Waals surface area contributed by atoms with E-state index in [0.29, 0.717) is 21.9 Å². The van der Waals surface area contributed by atoms with Crippen LogP contribution in [0.1, 0.15) is 21.7 Å². The topological polar surface area (TPSA) is 53.7 Å². The number of phenolic OH excluding ortho intramolecular Hbond substituents is 1.